The maximum absolute atomic E-state index is 5.23. The van der Waals surface area contributed by atoms with Crippen LogP contribution in [0.2, 0.25) is 0 Å². The van der Waals surface area contributed by atoms with Crippen LogP contribution in [0.25, 0.3) is 61.3 Å². The number of para-hydroxylation sites is 2. The van der Waals surface area contributed by atoms with Crippen LogP contribution in [-0.2, 0) is 5.41 Å². The molecule has 0 saturated heterocycles. The number of hydrogen-bond acceptors (Lipinski definition) is 4. The van der Waals surface area contributed by atoms with Crippen LogP contribution in [0, 0.1) is 0 Å². The molecule has 0 N–H and O–H groups in total. The first-order chi connectivity index (χ1) is 25.0. The number of benzene rings is 7. The minimum absolute atomic E-state index is 0.277. The van der Waals surface area contributed by atoms with Gasteiger partial charge in [0.25, 0.3) is 0 Å². The predicted molar refractivity (Wildman–Crippen MR) is 209 cm³/mol. The van der Waals surface area contributed by atoms with Gasteiger partial charge >= 0.3 is 0 Å². The van der Waals surface area contributed by atoms with Gasteiger partial charge in [0.15, 0.2) is 11.6 Å². The molecule has 0 atom stereocenters. The fraction of sp³-hybridized carbons (Fsp3) is 0.0652. The molecule has 0 aliphatic carbocycles. The summed E-state index contributed by atoms with van der Waals surface area (Å²) in [4.78, 5) is 17.9. The summed E-state index contributed by atoms with van der Waals surface area (Å²) >= 11 is 0. The largest absolute Gasteiger partial charge is 0.310 e. The summed E-state index contributed by atoms with van der Waals surface area (Å²) in [7, 11) is 0. The first-order valence-corrected chi connectivity index (χ1v) is 17.4. The standard InChI is InChI=1S/C46H33N5/c1-46(2)37-24-14-15-25-39(37)50(34-22-10-5-11-23-34)42-28-36-35-26-32-20-12-13-21-33(32)27-40(35)51(41(36)29-38(42)46)45-48-43(30-16-6-3-7-17-30)47-44(49-45)31-18-8-4-9-19-31/h3-29H,1-2H3. The van der Waals surface area contributed by atoms with Crippen molar-refractivity contribution in [3.05, 3.63) is 175 Å². The van der Waals surface area contributed by atoms with Gasteiger partial charge in [0.05, 0.1) is 22.4 Å². The van der Waals surface area contributed by atoms with Gasteiger partial charge < -0.3 is 4.90 Å². The fourth-order valence-corrected chi connectivity index (χ4v) is 7.86. The third-order valence-corrected chi connectivity index (χ3v) is 10.4. The summed E-state index contributed by atoms with van der Waals surface area (Å²) in [6.07, 6.45) is 0. The van der Waals surface area contributed by atoms with Crippen LogP contribution in [0.4, 0.5) is 17.1 Å². The number of nitrogens with zero attached hydrogens (tertiary/aromatic N) is 5. The van der Waals surface area contributed by atoms with Crippen molar-refractivity contribution in [3.63, 3.8) is 0 Å². The molecule has 10 rings (SSSR count). The van der Waals surface area contributed by atoms with Crippen molar-refractivity contribution in [1.29, 1.82) is 0 Å². The van der Waals surface area contributed by atoms with E-state index in [1.165, 1.54) is 27.9 Å². The maximum atomic E-state index is 5.23. The lowest BCUT2D eigenvalue weighted by atomic mass is 9.73. The maximum Gasteiger partial charge on any atom is 0.238 e. The van der Waals surface area contributed by atoms with Crippen molar-refractivity contribution in [3.8, 4) is 28.7 Å². The van der Waals surface area contributed by atoms with Gasteiger partial charge in [-0.05, 0) is 64.4 Å². The van der Waals surface area contributed by atoms with Crippen LogP contribution in [0.15, 0.2) is 164 Å². The van der Waals surface area contributed by atoms with E-state index in [0.717, 1.165) is 44.0 Å². The average Bonchev–Trinajstić information content (AvgIpc) is 3.49. The van der Waals surface area contributed by atoms with Crippen molar-refractivity contribution in [1.82, 2.24) is 19.5 Å². The topological polar surface area (TPSA) is 46.8 Å². The second kappa shape index (κ2) is 11.2. The van der Waals surface area contributed by atoms with E-state index >= 15 is 0 Å². The summed E-state index contributed by atoms with van der Waals surface area (Å²) in [6.45, 7) is 4.67. The molecule has 7 aromatic carbocycles. The summed E-state index contributed by atoms with van der Waals surface area (Å²) in [5.41, 5.74) is 9.76. The predicted octanol–water partition coefficient (Wildman–Crippen LogP) is 11.6. The molecule has 9 aromatic rings. The molecular formula is C46H33N5. The first kappa shape index (κ1) is 29.3. The van der Waals surface area contributed by atoms with E-state index in [9.17, 15) is 0 Å². The minimum atomic E-state index is -0.277. The molecule has 242 valence electrons. The number of fused-ring (bicyclic) bond motifs is 6. The molecule has 1 aliphatic heterocycles. The van der Waals surface area contributed by atoms with Gasteiger partial charge in [0.2, 0.25) is 5.95 Å². The van der Waals surface area contributed by atoms with Crippen LogP contribution < -0.4 is 4.90 Å². The number of rotatable bonds is 4. The van der Waals surface area contributed by atoms with E-state index in [-0.39, 0.29) is 5.41 Å². The normalized spacial score (nSPS) is 13.4. The summed E-state index contributed by atoms with van der Waals surface area (Å²) in [6, 6.07) is 57.8. The number of anilines is 3. The van der Waals surface area contributed by atoms with E-state index in [1.807, 2.05) is 36.4 Å². The second-order valence-corrected chi connectivity index (χ2v) is 13.8. The van der Waals surface area contributed by atoms with Gasteiger partial charge in [-0.3, -0.25) is 4.57 Å². The van der Waals surface area contributed by atoms with Gasteiger partial charge in [-0.15, -0.1) is 0 Å². The molecule has 0 saturated carbocycles. The Bertz CT molecular complexity index is 2710. The van der Waals surface area contributed by atoms with Gasteiger partial charge in [-0.25, -0.2) is 4.98 Å². The Morgan fingerprint density at radius 2 is 0.980 bits per heavy atom. The zero-order valence-corrected chi connectivity index (χ0v) is 28.3. The molecule has 5 nitrogen and oxygen atoms in total. The molecule has 0 unspecified atom stereocenters. The van der Waals surface area contributed by atoms with Crippen LogP contribution >= 0.6 is 0 Å². The SMILES string of the molecule is CC1(C)c2ccccc2N(c2ccccc2)c2cc3c4cc5ccccc5cc4n(-c4nc(-c5ccccc5)nc(-c5ccccc5)n4)c3cc21. The lowest BCUT2D eigenvalue weighted by Gasteiger charge is -2.42. The molecule has 0 amide bonds. The van der Waals surface area contributed by atoms with Crippen molar-refractivity contribution in [2.75, 3.05) is 4.90 Å². The molecular weight excluding hydrogens is 623 g/mol. The van der Waals surface area contributed by atoms with E-state index < -0.39 is 0 Å². The third-order valence-electron chi connectivity index (χ3n) is 10.4. The zero-order chi connectivity index (χ0) is 34.1. The highest BCUT2D eigenvalue weighted by atomic mass is 15.2. The highest BCUT2D eigenvalue weighted by molar-refractivity contribution is 6.15. The quantitative estimate of drug-likeness (QED) is 0.189. The lowest BCUT2D eigenvalue weighted by molar-refractivity contribution is 0.632. The summed E-state index contributed by atoms with van der Waals surface area (Å²) < 4.78 is 2.25. The van der Waals surface area contributed by atoms with E-state index in [1.54, 1.807) is 0 Å². The molecule has 1 aliphatic rings. The Kier molecular flexibility index (Phi) is 6.46. The van der Waals surface area contributed by atoms with Gasteiger partial charge in [0, 0.05) is 33.0 Å². The minimum Gasteiger partial charge on any atom is -0.310 e. The summed E-state index contributed by atoms with van der Waals surface area (Å²) in [5.74, 6) is 1.86. The van der Waals surface area contributed by atoms with Crippen molar-refractivity contribution in [2.24, 2.45) is 0 Å². The van der Waals surface area contributed by atoms with E-state index in [4.69, 9.17) is 15.0 Å². The fourth-order valence-electron chi connectivity index (χ4n) is 7.86. The van der Waals surface area contributed by atoms with Crippen LogP contribution in [0.3, 0.4) is 0 Å². The molecule has 0 fully saturated rings. The van der Waals surface area contributed by atoms with Crippen LogP contribution in [0.1, 0.15) is 25.0 Å². The summed E-state index contributed by atoms with van der Waals surface area (Å²) in [5, 5.41) is 4.66. The van der Waals surface area contributed by atoms with Crippen molar-refractivity contribution < 1.29 is 0 Å². The first-order valence-electron chi connectivity index (χ1n) is 17.4. The molecule has 0 radical (unpaired) electrons. The Hall–Kier alpha value is -6.59. The van der Waals surface area contributed by atoms with Crippen molar-refractivity contribution >= 4 is 49.6 Å². The molecule has 2 aromatic heterocycles. The van der Waals surface area contributed by atoms with Gasteiger partial charge in [-0.2, -0.15) is 9.97 Å². The number of hydrogen-bond donors (Lipinski definition) is 0. The Balaban J connectivity index is 1.34. The molecule has 0 spiro atoms. The third kappa shape index (κ3) is 4.59. The average molecular weight is 656 g/mol. The second-order valence-electron chi connectivity index (χ2n) is 13.8. The van der Waals surface area contributed by atoms with E-state index in [2.05, 4.69) is 151 Å². The Labute approximate surface area is 296 Å². The molecule has 5 heteroatoms. The smallest absolute Gasteiger partial charge is 0.238 e. The molecule has 0 bridgehead atoms. The highest BCUT2D eigenvalue weighted by Crippen LogP contribution is 2.53. The molecule has 3 heterocycles. The van der Waals surface area contributed by atoms with Crippen molar-refractivity contribution in [2.45, 2.75) is 19.3 Å². The highest BCUT2D eigenvalue weighted by Gasteiger charge is 2.38. The van der Waals surface area contributed by atoms with E-state index in [0.29, 0.717) is 17.6 Å². The lowest BCUT2D eigenvalue weighted by Crippen LogP contribution is -2.30. The van der Waals surface area contributed by atoms with Crippen LogP contribution in [0.5, 0.6) is 0 Å². The zero-order valence-electron chi connectivity index (χ0n) is 28.3. The molecule has 51 heavy (non-hydrogen) atoms. The van der Waals surface area contributed by atoms with Gasteiger partial charge in [-0.1, -0.05) is 135 Å². The monoisotopic (exact) mass is 655 g/mol. The number of aromatic nitrogens is 4. The Morgan fingerprint density at radius 3 is 1.65 bits per heavy atom. The van der Waals surface area contributed by atoms with Crippen LogP contribution in [-0.4, -0.2) is 19.5 Å². The Morgan fingerprint density at radius 1 is 0.451 bits per heavy atom. The van der Waals surface area contributed by atoms with Gasteiger partial charge in [0.1, 0.15) is 0 Å².